The molecule has 148 valence electrons. The number of unbranched alkanes of at least 4 members (excludes halogenated alkanes) is 15. The Balaban J connectivity index is 3.07. The van der Waals surface area contributed by atoms with Gasteiger partial charge in [-0.05, 0) is 6.42 Å². The molecule has 0 bridgehead atoms. The first-order valence-corrected chi connectivity index (χ1v) is 10.5. The van der Waals surface area contributed by atoms with Crippen molar-refractivity contribution in [3.05, 3.63) is 0 Å². The molecule has 4 amide bonds. The van der Waals surface area contributed by atoms with Gasteiger partial charge in [-0.1, -0.05) is 103 Å². The van der Waals surface area contributed by atoms with Gasteiger partial charge in [0, 0.05) is 6.54 Å². The summed E-state index contributed by atoms with van der Waals surface area (Å²) < 4.78 is 0. The summed E-state index contributed by atoms with van der Waals surface area (Å²) in [6, 6.07) is -1.32. The second kappa shape index (κ2) is 19.1. The lowest BCUT2D eigenvalue weighted by atomic mass is 10.0. The van der Waals surface area contributed by atoms with Crippen LogP contribution in [-0.4, -0.2) is 18.6 Å². The van der Waals surface area contributed by atoms with Crippen LogP contribution < -0.4 is 16.4 Å². The van der Waals surface area contributed by atoms with Gasteiger partial charge in [-0.2, -0.15) is 0 Å². The molecule has 0 rings (SSSR count). The first-order valence-electron chi connectivity index (χ1n) is 10.5. The molecule has 0 aliphatic heterocycles. The van der Waals surface area contributed by atoms with Gasteiger partial charge in [0.05, 0.1) is 0 Å². The fraction of sp³-hybridized carbons (Fsp3) is 0.900. The van der Waals surface area contributed by atoms with Crippen LogP contribution in [0, 0.1) is 0 Å². The van der Waals surface area contributed by atoms with Crippen LogP contribution in [0.4, 0.5) is 9.59 Å². The highest BCUT2D eigenvalue weighted by molar-refractivity contribution is 5.92. The third-order valence-corrected chi connectivity index (χ3v) is 4.55. The van der Waals surface area contributed by atoms with E-state index in [1.54, 1.807) is 0 Å². The predicted molar refractivity (Wildman–Crippen MR) is 106 cm³/mol. The zero-order valence-electron chi connectivity index (χ0n) is 16.4. The molecule has 0 unspecified atom stereocenters. The van der Waals surface area contributed by atoms with Crippen molar-refractivity contribution in [2.75, 3.05) is 6.54 Å². The van der Waals surface area contributed by atoms with Crippen molar-refractivity contribution in [3.8, 4) is 0 Å². The molecular weight excluding hydrogens is 314 g/mol. The van der Waals surface area contributed by atoms with E-state index in [4.69, 9.17) is 5.73 Å². The molecule has 0 aliphatic rings. The monoisotopic (exact) mass is 355 g/mol. The number of nitrogens with two attached hydrogens (primary N) is 1. The highest BCUT2D eigenvalue weighted by Gasteiger charge is 2.01. The molecule has 4 N–H and O–H groups in total. The summed E-state index contributed by atoms with van der Waals surface area (Å²) in [7, 11) is 0. The van der Waals surface area contributed by atoms with Gasteiger partial charge in [0.2, 0.25) is 0 Å². The fourth-order valence-electron chi connectivity index (χ4n) is 3.03. The fourth-order valence-corrected chi connectivity index (χ4v) is 3.03. The molecule has 0 fully saturated rings. The largest absolute Gasteiger partial charge is 0.351 e. The molecule has 0 saturated carbocycles. The molecule has 0 aromatic rings. The van der Waals surface area contributed by atoms with E-state index < -0.39 is 12.1 Å². The Morgan fingerprint density at radius 2 is 1.00 bits per heavy atom. The Morgan fingerprint density at radius 1 is 0.640 bits per heavy atom. The van der Waals surface area contributed by atoms with Crippen molar-refractivity contribution in [2.24, 2.45) is 5.73 Å². The standard InChI is InChI=1S/C20H41N3O2/c1-2-3-4-5-6-7-8-9-10-11-12-13-14-15-16-17-18-22-20(25)23-19(21)24/h2-18H2,1H3,(H4,21,22,23,24,25). The van der Waals surface area contributed by atoms with E-state index in [1.807, 2.05) is 5.32 Å². The number of nitrogens with one attached hydrogen (secondary N) is 2. The number of hydrogen-bond donors (Lipinski definition) is 3. The summed E-state index contributed by atoms with van der Waals surface area (Å²) in [4.78, 5) is 21.5. The molecule has 0 aliphatic carbocycles. The minimum absolute atomic E-state index is 0.506. The molecule has 0 radical (unpaired) electrons. The van der Waals surface area contributed by atoms with Crippen molar-refractivity contribution in [2.45, 2.75) is 110 Å². The molecule has 0 spiro atoms. The minimum Gasteiger partial charge on any atom is -0.351 e. The van der Waals surface area contributed by atoms with E-state index in [-0.39, 0.29) is 0 Å². The molecule has 0 saturated heterocycles. The first kappa shape index (κ1) is 23.7. The van der Waals surface area contributed by atoms with Crippen LogP contribution in [0.5, 0.6) is 0 Å². The minimum atomic E-state index is -0.815. The lowest BCUT2D eigenvalue weighted by molar-refractivity contribution is 0.231. The van der Waals surface area contributed by atoms with Crippen molar-refractivity contribution in [3.63, 3.8) is 0 Å². The van der Waals surface area contributed by atoms with Gasteiger partial charge < -0.3 is 11.1 Å². The number of urea groups is 2. The number of imide groups is 1. The quantitative estimate of drug-likeness (QED) is 0.296. The van der Waals surface area contributed by atoms with Gasteiger partial charge in [-0.25, -0.2) is 9.59 Å². The Hall–Kier alpha value is -1.26. The number of carbonyl (C=O) groups is 2. The van der Waals surface area contributed by atoms with E-state index in [9.17, 15) is 9.59 Å². The highest BCUT2D eigenvalue weighted by atomic mass is 16.2. The van der Waals surface area contributed by atoms with E-state index in [0.29, 0.717) is 6.54 Å². The molecule has 25 heavy (non-hydrogen) atoms. The zero-order chi connectivity index (χ0) is 18.6. The summed E-state index contributed by atoms with van der Waals surface area (Å²) in [5.74, 6) is 0. The summed E-state index contributed by atoms with van der Waals surface area (Å²) in [5.41, 5.74) is 4.85. The number of carbonyl (C=O) groups excluding carboxylic acids is 2. The van der Waals surface area contributed by atoms with E-state index in [0.717, 1.165) is 12.8 Å². The van der Waals surface area contributed by atoms with Crippen LogP contribution in [0.15, 0.2) is 0 Å². The molecule has 0 heterocycles. The third-order valence-electron chi connectivity index (χ3n) is 4.55. The van der Waals surface area contributed by atoms with Crippen molar-refractivity contribution < 1.29 is 9.59 Å². The van der Waals surface area contributed by atoms with Gasteiger partial charge in [-0.3, -0.25) is 5.32 Å². The normalized spacial score (nSPS) is 10.6. The maximum atomic E-state index is 11.1. The smallest absolute Gasteiger partial charge is 0.322 e. The van der Waals surface area contributed by atoms with Crippen LogP contribution in [0.1, 0.15) is 110 Å². The molecular formula is C20H41N3O2. The number of rotatable bonds is 17. The Bertz CT molecular complexity index is 322. The Labute approximate surface area is 154 Å². The summed E-state index contributed by atoms with van der Waals surface area (Å²) >= 11 is 0. The topological polar surface area (TPSA) is 84.2 Å². The zero-order valence-corrected chi connectivity index (χ0v) is 16.4. The number of amides is 4. The Kier molecular flexibility index (Phi) is 18.1. The van der Waals surface area contributed by atoms with Crippen LogP contribution in [0.3, 0.4) is 0 Å². The second-order valence-corrected chi connectivity index (χ2v) is 7.05. The molecule has 5 nitrogen and oxygen atoms in total. The SMILES string of the molecule is CCCCCCCCCCCCCCCCCCNC(=O)NC(N)=O. The van der Waals surface area contributed by atoms with Crippen LogP contribution in [-0.2, 0) is 0 Å². The lowest BCUT2D eigenvalue weighted by Crippen LogP contribution is -2.42. The van der Waals surface area contributed by atoms with Crippen LogP contribution in [0.25, 0.3) is 0 Å². The van der Waals surface area contributed by atoms with Gasteiger partial charge in [-0.15, -0.1) is 0 Å². The van der Waals surface area contributed by atoms with Gasteiger partial charge in [0.1, 0.15) is 0 Å². The van der Waals surface area contributed by atoms with Crippen molar-refractivity contribution in [1.82, 2.24) is 10.6 Å². The van der Waals surface area contributed by atoms with Crippen molar-refractivity contribution in [1.29, 1.82) is 0 Å². The molecule has 0 aromatic heterocycles. The highest BCUT2D eigenvalue weighted by Crippen LogP contribution is 2.13. The van der Waals surface area contributed by atoms with E-state index >= 15 is 0 Å². The average Bonchev–Trinajstić information content (AvgIpc) is 2.57. The Morgan fingerprint density at radius 3 is 1.36 bits per heavy atom. The molecule has 0 aromatic carbocycles. The third kappa shape index (κ3) is 20.7. The van der Waals surface area contributed by atoms with Crippen LogP contribution >= 0.6 is 0 Å². The first-order chi connectivity index (χ1) is 12.2. The maximum Gasteiger partial charge on any atom is 0.322 e. The van der Waals surface area contributed by atoms with E-state index in [2.05, 4.69) is 12.2 Å². The van der Waals surface area contributed by atoms with Gasteiger partial charge >= 0.3 is 12.1 Å². The van der Waals surface area contributed by atoms with Crippen molar-refractivity contribution >= 4 is 12.1 Å². The number of primary amides is 1. The summed E-state index contributed by atoms with van der Waals surface area (Å²) in [6.07, 6.45) is 21.3. The molecule has 0 atom stereocenters. The number of hydrogen-bond acceptors (Lipinski definition) is 2. The van der Waals surface area contributed by atoms with Gasteiger partial charge in [0.15, 0.2) is 0 Å². The lowest BCUT2D eigenvalue weighted by Gasteiger charge is -2.05. The summed E-state index contributed by atoms with van der Waals surface area (Å²) in [6.45, 7) is 2.86. The predicted octanol–water partition coefficient (Wildman–Crippen LogP) is 5.63. The van der Waals surface area contributed by atoms with E-state index in [1.165, 1.54) is 89.9 Å². The van der Waals surface area contributed by atoms with Crippen LogP contribution in [0.2, 0.25) is 0 Å². The second-order valence-electron chi connectivity index (χ2n) is 7.05. The van der Waals surface area contributed by atoms with Gasteiger partial charge in [0.25, 0.3) is 0 Å². The molecule has 5 heteroatoms. The average molecular weight is 356 g/mol. The summed E-state index contributed by atoms with van der Waals surface area (Å²) in [5, 5.41) is 4.60. The maximum absolute atomic E-state index is 11.1.